The van der Waals surface area contributed by atoms with Crippen LogP contribution in [0.15, 0.2) is 48.5 Å². The standard InChI is InChI=1S/C22H23N7O/c1-14-11-20(28-27-14)25-22-18-6-5-17(29-7-9-30-10-8-29)13-19(18)24-21(26-22)15-3-2-4-16(23)12-15/h2-6,11-13H,7-10,23H2,1H3,(H2,24,25,26,27,28). The van der Waals surface area contributed by atoms with Crippen molar-refractivity contribution >= 4 is 33.9 Å². The van der Waals surface area contributed by atoms with Gasteiger partial charge in [-0.05, 0) is 37.3 Å². The topological polar surface area (TPSA) is 105 Å². The summed E-state index contributed by atoms with van der Waals surface area (Å²) in [5.74, 6) is 2.03. The summed E-state index contributed by atoms with van der Waals surface area (Å²) in [6, 6.07) is 15.8. The molecule has 5 rings (SSSR count). The maximum Gasteiger partial charge on any atom is 0.162 e. The number of rotatable bonds is 4. The van der Waals surface area contributed by atoms with E-state index in [1.165, 1.54) is 0 Å². The van der Waals surface area contributed by atoms with Gasteiger partial charge in [0, 0.05) is 47.2 Å². The molecule has 4 N–H and O–H groups in total. The van der Waals surface area contributed by atoms with Crippen LogP contribution in [0, 0.1) is 6.92 Å². The number of nitrogens with two attached hydrogens (primary N) is 1. The number of aromatic amines is 1. The number of anilines is 4. The molecule has 0 aliphatic carbocycles. The maximum absolute atomic E-state index is 5.99. The minimum absolute atomic E-state index is 0.615. The van der Waals surface area contributed by atoms with Crippen molar-refractivity contribution in [3.05, 3.63) is 54.2 Å². The van der Waals surface area contributed by atoms with E-state index in [1.807, 2.05) is 37.3 Å². The first kappa shape index (κ1) is 18.4. The summed E-state index contributed by atoms with van der Waals surface area (Å²) in [6.45, 7) is 5.18. The van der Waals surface area contributed by atoms with Gasteiger partial charge in [0.25, 0.3) is 0 Å². The van der Waals surface area contributed by atoms with Crippen molar-refractivity contribution in [2.75, 3.05) is 42.3 Å². The lowest BCUT2D eigenvalue weighted by Gasteiger charge is -2.29. The Kier molecular flexibility index (Phi) is 4.68. The zero-order chi connectivity index (χ0) is 20.5. The van der Waals surface area contributed by atoms with Crippen LogP contribution in [0.3, 0.4) is 0 Å². The number of nitrogens with one attached hydrogen (secondary N) is 2. The molecular formula is C22H23N7O. The number of nitrogen functional groups attached to an aromatic ring is 1. The third-order valence-corrected chi connectivity index (χ3v) is 5.15. The Morgan fingerprint density at radius 1 is 1.07 bits per heavy atom. The number of aryl methyl sites for hydroxylation is 1. The number of aromatic nitrogens is 4. The Morgan fingerprint density at radius 3 is 2.70 bits per heavy atom. The largest absolute Gasteiger partial charge is 0.399 e. The van der Waals surface area contributed by atoms with Crippen molar-refractivity contribution in [3.8, 4) is 11.4 Å². The molecule has 4 aromatic rings. The molecule has 0 radical (unpaired) electrons. The van der Waals surface area contributed by atoms with Crippen molar-refractivity contribution in [2.24, 2.45) is 0 Å². The van der Waals surface area contributed by atoms with Gasteiger partial charge in [0.05, 0.1) is 18.7 Å². The number of hydrogen-bond acceptors (Lipinski definition) is 7. The minimum Gasteiger partial charge on any atom is -0.399 e. The molecule has 0 bridgehead atoms. The Bertz CT molecular complexity index is 1200. The van der Waals surface area contributed by atoms with Gasteiger partial charge < -0.3 is 20.7 Å². The Morgan fingerprint density at radius 2 is 1.93 bits per heavy atom. The zero-order valence-corrected chi connectivity index (χ0v) is 16.7. The van der Waals surface area contributed by atoms with Gasteiger partial charge in [-0.25, -0.2) is 9.97 Å². The van der Waals surface area contributed by atoms with Crippen LogP contribution in [-0.4, -0.2) is 46.5 Å². The van der Waals surface area contributed by atoms with Crippen molar-refractivity contribution < 1.29 is 4.74 Å². The highest BCUT2D eigenvalue weighted by Crippen LogP contribution is 2.30. The molecule has 1 aliphatic heterocycles. The van der Waals surface area contributed by atoms with Crippen LogP contribution in [0.4, 0.5) is 23.0 Å². The van der Waals surface area contributed by atoms with Crippen LogP contribution in [0.5, 0.6) is 0 Å². The van der Waals surface area contributed by atoms with Crippen molar-refractivity contribution in [3.63, 3.8) is 0 Å². The smallest absolute Gasteiger partial charge is 0.162 e. The molecule has 2 aromatic heterocycles. The molecular weight excluding hydrogens is 378 g/mol. The molecule has 0 amide bonds. The first-order valence-electron chi connectivity index (χ1n) is 9.95. The van der Waals surface area contributed by atoms with E-state index in [9.17, 15) is 0 Å². The van der Waals surface area contributed by atoms with E-state index in [-0.39, 0.29) is 0 Å². The molecule has 8 nitrogen and oxygen atoms in total. The molecule has 0 unspecified atom stereocenters. The minimum atomic E-state index is 0.615. The van der Waals surface area contributed by atoms with Gasteiger partial charge in [0.15, 0.2) is 11.6 Å². The van der Waals surface area contributed by atoms with Crippen molar-refractivity contribution in [1.29, 1.82) is 0 Å². The van der Waals surface area contributed by atoms with E-state index in [4.69, 9.17) is 20.4 Å². The fourth-order valence-electron chi connectivity index (χ4n) is 3.64. The molecule has 0 atom stereocenters. The van der Waals surface area contributed by atoms with Crippen LogP contribution in [0.25, 0.3) is 22.3 Å². The summed E-state index contributed by atoms with van der Waals surface area (Å²) >= 11 is 0. The van der Waals surface area contributed by atoms with Gasteiger partial charge >= 0.3 is 0 Å². The van der Waals surface area contributed by atoms with Crippen LogP contribution in [0.1, 0.15) is 5.69 Å². The molecule has 0 spiro atoms. The molecule has 30 heavy (non-hydrogen) atoms. The van der Waals surface area contributed by atoms with E-state index in [1.54, 1.807) is 0 Å². The quantitative estimate of drug-likeness (QED) is 0.450. The summed E-state index contributed by atoms with van der Waals surface area (Å²) in [7, 11) is 0. The Balaban J connectivity index is 1.63. The van der Waals surface area contributed by atoms with Gasteiger partial charge in [-0.1, -0.05) is 12.1 Å². The second-order valence-corrected chi connectivity index (χ2v) is 7.38. The Labute approximate surface area is 174 Å². The first-order chi connectivity index (χ1) is 14.7. The summed E-state index contributed by atoms with van der Waals surface area (Å²) in [4.78, 5) is 12.0. The first-order valence-corrected chi connectivity index (χ1v) is 9.95. The summed E-state index contributed by atoms with van der Waals surface area (Å²) in [5.41, 5.74) is 10.5. The number of hydrogen-bond donors (Lipinski definition) is 3. The zero-order valence-electron chi connectivity index (χ0n) is 16.7. The summed E-state index contributed by atoms with van der Waals surface area (Å²) in [6.07, 6.45) is 0. The SMILES string of the molecule is Cc1cc(Nc2nc(-c3cccc(N)c3)nc3cc(N4CCOCC4)ccc23)n[nH]1. The molecule has 1 aliphatic rings. The number of benzene rings is 2. The lowest BCUT2D eigenvalue weighted by Crippen LogP contribution is -2.36. The molecule has 152 valence electrons. The van der Waals surface area contributed by atoms with Crippen molar-refractivity contribution in [1.82, 2.24) is 20.2 Å². The number of ether oxygens (including phenoxy) is 1. The monoisotopic (exact) mass is 401 g/mol. The average Bonchev–Trinajstić information content (AvgIpc) is 3.18. The Hall–Kier alpha value is -3.65. The van der Waals surface area contributed by atoms with Crippen LogP contribution in [0.2, 0.25) is 0 Å². The number of fused-ring (bicyclic) bond motifs is 1. The summed E-state index contributed by atoms with van der Waals surface area (Å²) < 4.78 is 5.49. The molecule has 2 aromatic carbocycles. The third-order valence-electron chi connectivity index (χ3n) is 5.15. The highest BCUT2D eigenvalue weighted by atomic mass is 16.5. The van der Waals surface area contributed by atoms with E-state index in [0.29, 0.717) is 23.1 Å². The van der Waals surface area contributed by atoms with Gasteiger partial charge in [0.2, 0.25) is 0 Å². The van der Waals surface area contributed by atoms with Crippen LogP contribution >= 0.6 is 0 Å². The third kappa shape index (κ3) is 3.65. The summed E-state index contributed by atoms with van der Waals surface area (Å²) in [5, 5.41) is 11.5. The molecule has 0 saturated carbocycles. The predicted molar refractivity (Wildman–Crippen MR) is 119 cm³/mol. The second-order valence-electron chi connectivity index (χ2n) is 7.38. The second kappa shape index (κ2) is 7.64. The molecule has 1 saturated heterocycles. The van der Waals surface area contributed by atoms with Gasteiger partial charge in [-0.2, -0.15) is 5.10 Å². The number of H-pyrrole nitrogens is 1. The van der Waals surface area contributed by atoms with Gasteiger partial charge in [-0.15, -0.1) is 0 Å². The van der Waals surface area contributed by atoms with Gasteiger partial charge in [-0.3, -0.25) is 5.10 Å². The number of nitrogens with zero attached hydrogens (tertiary/aromatic N) is 4. The normalized spacial score (nSPS) is 14.2. The highest BCUT2D eigenvalue weighted by Gasteiger charge is 2.15. The van der Waals surface area contributed by atoms with E-state index < -0.39 is 0 Å². The average molecular weight is 401 g/mol. The van der Waals surface area contributed by atoms with E-state index >= 15 is 0 Å². The number of morpholine rings is 1. The van der Waals surface area contributed by atoms with E-state index in [0.717, 1.165) is 54.2 Å². The van der Waals surface area contributed by atoms with Crippen molar-refractivity contribution in [2.45, 2.75) is 6.92 Å². The molecule has 3 heterocycles. The van der Waals surface area contributed by atoms with Crippen LogP contribution in [-0.2, 0) is 4.74 Å². The lowest BCUT2D eigenvalue weighted by molar-refractivity contribution is 0.122. The predicted octanol–water partition coefficient (Wildman–Crippen LogP) is 3.49. The highest BCUT2D eigenvalue weighted by molar-refractivity contribution is 5.94. The fraction of sp³-hybridized carbons (Fsp3) is 0.227. The molecule has 8 heteroatoms. The van der Waals surface area contributed by atoms with Gasteiger partial charge in [0.1, 0.15) is 5.82 Å². The maximum atomic E-state index is 5.99. The van der Waals surface area contributed by atoms with E-state index in [2.05, 4.69) is 38.6 Å². The fourth-order valence-corrected chi connectivity index (χ4v) is 3.64. The molecule has 1 fully saturated rings. The lowest BCUT2D eigenvalue weighted by atomic mass is 10.1. The van der Waals surface area contributed by atoms with Crippen LogP contribution < -0.4 is 16.0 Å².